The Morgan fingerprint density at radius 2 is 1.96 bits per heavy atom. The van der Waals surface area contributed by atoms with Gasteiger partial charge in [0.2, 0.25) is 11.9 Å². The Kier molecular flexibility index (Phi) is 5.93. The topological polar surface area (TPSA) is 89.0 Å². The molecule has 7 nitrogen and oxygen atoms in total. The average molecular weight is 381 g/mol. The van der Waals surface area contributed by atoms with Crippen LogP contribution in [-0.4, -0.2) is 31.5 Å². The first-order chi connectivity index (χ1) is 13.5. The number of aliphatic imine (C=N–C) groups is 1. The molecule has 0 spiro atoms. The summed E-state index contributed by atoms with van der Waals surface area (Å²) >= 11 is 0. The highest BCUT2D eigenvalue weighted by atomic mass is 16.5. The van der Waals surface area contributed by atoms with E-state index in [1.165, 1.54) is 0 Å². The van der Waals surface area contributed by atoms with Gasteiger partial charge in [-0.1, -0.05) is 23.8 Å². The van der Waals surface area contributed by atoms with E-state index in [2.05, 4.69) is 15.6 Å². The number of nitrogens with one attached hydrogen (secondary N) is 2. The number of benzene rings is 2. The number of amides is 2. The molecule has 1 aliphatic heterocycles. The van der Waals surface area contributed by atoms with Crippen LogP contribution >= 0.6 is 0 Å². The molecule has 0 aliphatic carbocycles. The van der Waals surface area contributed by atoms with Gasteiger partial charge in [-0.05, 0) is 43.7 Å². The van der Waals surface area contributed by atoms with E-state index in [0.717, 1.165) is 11.1 Å². The first-order valence-corrected chi connectivity index (χ1v) is 9.06. The number of rotatable bonds is 5. The molecule has 0 aromatic heterocycles. The number of hydrogen-bond donors (Lipinski definition) is 2. The lowest BCUT2D eigenvalue weighted by atomic mass is 10.0. The smallest absolute Gasteiger partial charge is 0.257 e. The number of methoxy groups -OCH3 is 1. The van der Waals surface area contributed by atoms with Crippen molar-refractivity contribution in [1.82, 2.24) is 10.6 Å². The van der Waals surface area contributed by atoms with Gasteiger partial charge < -0.3 is 9.47 Å². The molecule has 1 unspecified atom stereocenters. The third kappa shape index (κ3) is 4.49. The number of guanidine groups is 1. The van der Waals surface area contributed by atoms with Gasteiger partial charge in [-0.15, -0.1) is 0 Å². The third-order valence-corrected chi connectivity index (χ3v) is 4.34. The summed E-state index contributed by atoms with van der Waals surface area (Å²) in [5.41, 5.74) is 2.36. The second-order valence-corrected chi connectivity index (χ2v) is 6.41. The first-order valence-electron chi connectivity index (χ1n) is 9.06. The minimum Gasteiger partial charge on any atom is -0.493 e. The van der Waals surface area contributed by atoms with Crippen molar-refractivity contribution in [2.45, 2.75) is 26.3 Å². The second kappa shape index (κ2) is 8.56. The average Bonchev–Trinajstić information content (AvgIpc) is 2.68. The van der Waals surface area contributed by atoms with Crippen molar-refractivity contribution >= 4 is 17.8 Å². The minimum absolute atomic E-state index is 0.139. The molecule has 2 amide bonds. The van der Waals surface area contributed by atoms with E-state index in [-0.39, 0.29) is 24.2 Å². The number of nitrogens with zero attached hydrogens (tertiary/aromatic N) is 1. The van der Waals surface area contributed by atoms with E-state index in [4.69, 9.17) is 9.47 Å². The van der Waals surface area contributed by atoms with Crippen LogP contribution in [0.1, 0.15) is 40.9 Å². The standard InChI is InChI=1S/C21H23N3O4/c1-4-28-17-10-9-15(11-18(17)27-3)16-12-19(25)23-21(22-16)24-20(26)14-7-5-13(2)6-8-14/h5-11,16H,4,12H2,1-3H3,(H2,22,23,24,25,26). The van der Waals surface area contributed by atoms with Gasteiger partial charge in [0.1, 0.15) is 0 Å². The SMILES string of the molecule is CCOc1ccc(C2CC(=O)NC(NC(=O)c3ccc(C)cc3)=N2)cc1OC. The van der Waals surface area contributed by atoms with E-state index in [0.29, 0.717) is 23.7 Å². The van der Waals surface area contributed by atoms with Crippen LogP contribution in [-0.2, 0) is 4.79 Å². The number of hydrogen-bond acceptors (Lipinski definition) is 5. The summed E-state index contributed by atoms with van der Waals surface area (Å²) in [6.07, 6.45) is 0.182. The second-order valence-electron chi connectivity index (χ2n) is 6.41. The molecule has 1 heterocycles. The Labute approximate surface area is 163 Å². The van der Waals surface area contributed by atoms with E-state index in [1.54, 1.807) is 31.4 Å². The zero-order valence-electron chi connectivity index (χ0n) is 16.1. The summed E-state index contributed by atoms with van der Waals surface area (Å²) in [5.74, 6) is 0.798. The quantitative estimate of drug-likeness (QED) is 0.833. The molecule has 2 aromatic carbocycles. The molecule has 0 saturated heterocycles. The molecule has 1 aliphatic rings. The summed E-state index contributed by atoms with van der Waals surface area (Å²) in [4.78, 5) is 29.0. The number of carbonyl (C=O) groups excluding carboxylic acids is 2. The Hall–Kier alpha value is -3.35. The van der Waals surface area contributed by atoms with Gasteiger partial charge in [0, 0.05) is 5.56 Å². The molecule has 2 N–H and O–H groups in total. The van der Waals surface area contributed by atoms with Crippen LogP contribution in [0.5, 0.6) is 11.5 Å². The lowest BCUT2D eigenvalue weighted by Gasteiger charge is -2.22. The maximum absolute atomic E-state index is 12.4. The van der Waals surface area contributed by atoms with Gasteiger partial charge >= 0.3 is 0 Å². The molecule has 2 aromatic rings. The molecule has 146 valence electrons. The van der Waals surface area contributed by atoms with Crippen molar-refractivity contribution in [1.29, 1.82) is 0 Å². The summed E-state index contributed by atoms with van der Waals surface area (Å²) in [6.45, 7) is 4.36. The van der Waals surface area contributed by atoms with Gasteiger partial charge in [-0.25, -0.2) is 4.99 Å². The van der Waals surface area contributed by atoms with Crippen LogP contribution in [0.15, 0.2) is 47.5 Å². The van der Waals surface area contributed by atoms with Gasteiger partial charge in [0.25, 0.3) is 5.91 Å². The number of carbonyl (C=O) groups is 2. The molecule has 0 radical (unpaired) electrons. The summed E-state index contributed by atoms with van der Waals surface area (Å²) in [5, 5.41) is 5.28. The van der Waals surface area contributed by atoms with Gasteiger partial charge in [-0.2, -0.15) is 0 Å². The largest absolute Gasteiger partial charge is 0.493 e. The molecule has 3 rings (SSSR count). The molecule has 1 atom stereocenters. The molecular weight excluding hydrogens is 358 g/mol. The molecule has 0 fully saturated rings. The Balaban J connectivity index is 1.81. The first kappa shape index (κ1) is 19.4. The molecular formula is C21H23N3O4. The van der Waals surface area contributed by atoms with Gasteiger partial charge in [0.05, 0.1) is 26.2 Å². The van der Waals surface area contributed by atoms with E-state index < -0.39 is 6.04 Å². The summed E-state index contributed by atoms with van der Waals surface area (Å²) in [7, 11) is 1.56. The highest BCUT2D eigenvalue weighted by Crippen LogP contribution is 2.33. The molecule has 0 saturated carbocycles. The summed E-state index contributed by atoms with van der Waals surface area (Å²) < 4.78 is 10.9. The lowest BCUT2D eigenvalue weighted by Crippen LogP contribution is -2.47. The lowest BCUT2D eigenvalue weighted by molar-refractivity contribution is -0.120. The number of aryl methyl sites for hydroxylation is 1. The Bertz CT molecular complexity index is 906. The highest BCUT2D eigenvalue weighted by molar-refractivity contribution is 6.10. The normalized spacial score (nSPS) is 16.0. The van der Waals surface area contributed by atoms with Crippen LogP contribution in [0.25, 0.3) is 0 Å². The highest BCUT2D eigenvalue weighted by Gasteiger charge is 2.24. The maximum atomic E-state index is 12.4. The van der Waals surface area contributed by atoms with Crippen LogP contribution in [0.4, 0.5) is 0 Å². The maximum Gasteiger partial charge on any atom is 0.257 e. The van der Waals surface area contributed by atoms with Crippen LogP contribution < -0.4 is 20.1 Å². The van der Waals surface area contributed by atoms with Gasteiger partial charge in [0.15, 0.2) is 11.5 Å². The molecule has 7 heteroatoms. The van der Waals surface area contributed by atoms with Crippen LogP contribution in [0.2, 0.25) is 0 Å². The van der Waals surface area contributed by atoms with Gasteiger partial charge in [-0.3, -0.25) is 20.2 Å². The van der Waals surface area contributed by atoms with Crippen molar-refractivity contribution in [2.24, 2.45) is 4.99 Å². The summed E-state index contributed by atoms with van der Waals surface area (Å²) in [6, 6.07) is 12.2. The zero-order chi connectivity index (χ0) is 20.1. The molecule has 0 bridgehead atoms. The monoisotopic (exact) mass is 381 g/mol. The fourth-order valence-corrected chi connectivity index (χ4v) is 2.90. The predicted molar refractivity (Wildman–Crippen MR) is 106 cm³/mol. The van der Waals surface area contributed by atoms with Crippen molar-refractivity contribution in [3.8, 4) is 11.5 Å². The van der Waals surface area contributed by atoms with Crippen molar-refractivity contribution in [2.75, 3.05) is 13.7 Å². The van der Waals surface area contributed by atoms with E-state index in [9.17, 15) is 9.59 Å². The Morgan fingerprint density at radius 1 is 1.21 bits per heavy atom. The fraction of sp³-hybridized carbons (Fsp3) is 0.286. The van der Waals surface area contributed by atoms with E-state index in [1.807, 2.05) is 32.0 Å². The van der Waals surface area contributed by atoms with Crippen LogP contribution in [0.3, 0.4) is 0 Å². The number of ether oxygens (including phenoxy) is 2. The minimum atomic E-state index is -0.424. The fourth-order valence-electron chi connectivity index (χ4n) is 2.90. The molecule has 28 heavy (non-hydrogen) atoms. The predicted octanol–water partition coefficient (Wildman–Crippen LogP) is 2.75. The van der Waals surface area contributed by atoms with Crippen molar-refractivity contribution < 1.29 is 19.1 Å². The van der Waals surface area contributed by atoms with Crippen LogP contribution in [0, 0.1) is 6.92 Å². The van der Waals surface area contributed by atoms with Crippen molar-refractivity contribution in [3.63, 3.8) is 0 Å². The van der Waals surface area contributed by atoms with E-state index >= 15 is 0 Å². The van der Waals surface area contributed by atoms with Crippen molar-refractivity contribution in [3.05, 3.63) is 59.2 Å². The zero-order valence-corrected chi connectivity index (χ0v) is 16.1. The Morgan fingerprint density at radius 3 is 2.64 bits per heavy atom. The third-order valence-electron chi connectivity index (χ3n) is 4.34.